The summed E-state index contributed by atoms with van der Waals surface area (Å²) < 4.78 is 0. The first-order chi connectivity index (χ1) is 8.27. The van der Waals surface area contributed by atoms with E-state index in [1.807, 2.05) is 0 Å². The number of aryl methyl sites for hydroxylation is 1. The molecule has 0 fully saturated rings. The van der Waals surface area contributed by atoms with E-state index in [1.54, 1.807) is 11.1 Å². The molecule has 2 rings (SSSR count). The number of hydrogen-bond donors (Lipinski definition) is 2. The fourth-order valence-electron chi connectivity index (χ4n) is 2.51. The van der Waals surface area contributed by atoms with Crippen molar-refractivity contribution in [1.29, 1.82) is 0 Å². The lowest BCUT2D eigenvalue weighted by Crippen LogP contribution is -2.25. The highest BCUT2D eigenvalue weighted by Gasteiger charge is 2.11. The highest BCUT2D eigenvalue weighted by atomic mass is 14.9. The molecular weight excluding hydrogens is 208 g/mol. The maximum atomic E-state index is 3.48. The number of benzene rings is 1. The molecule has 0 aromatic heterocycles. The van der Waals surface area contributed by atoms with Gasteiger partial charge < -0.3 is 10.6 Å². The number of fused-ring (bicyclic) bond motifs is 1. The quantitative estimate of drug-likeness (QED) is 0.761. The van der Waals surface area contributed by atoms with Gasteiger partial charge in [-0.3, -0.25) is 0 Å². The summed E-state index contributed by atoms with van der Waals surface area (Å²) in [4.78, 5) is 0. The van der Waals surface area contributed by atoms with Crippen LogP contribution in [-0.2, 0) is 19.4 Å². The van der Waals surface area contributed by atoms with Gasteiger partial charge in [0.2, 0.25) is 0 Å². The van der Waals surface area contributed by atoms with Gasteiger partial charge in [-0.05, 0) is 49.0 Å². The van der Waals surface area contributed by atoms with Crippen molar-refractivity contribution in [3.05, 3.63) is 34.9 Å². The molecule has 2 nitrogen and oxygen atoms in total. The molecule has 0 amide bonds. The summed E-state index contributed by atoms with van der Waals surface area (Å²) in [6, 6.07) is 7.37. The van der Waals surface area contributed by atoms with Crippen LogP contribution in [0.1, 0.15) is 37.0 Å². The Labute approximate surface area is 105 Å². The molecule has 1 heterocycles. The molecule has 0 saturated carbocycles. The molecule has 2 heteroatoms. The molecule has 1 aliphatic rings. The molecule has 0 saturated heterocycles. The van der Waals surface area contributed by atoms with Gasteiger partial charge in [0.25, 0.3) is 0 Å². The minimum atomic E-state index is 0.601. The zero-order valence-electron chi connectivity index (χ0n) is 11.1. The van der Waals surface area contributed by atoms with Gasteiger partial charge in [-0.1, -0.05) is 32.0 Å². The van der Waals surface area contributed by atoms with Crippen molar-refractivity contribution in [3.63, 3.8) is 0 Å². The second-order valence-corrected chi connectivity index (χ2v) is 5.19. The Morgan fingerprint density at radius 2 is 2.24 bits per heavy atom. The van der Waals surface area contributed by atoms with E-state index in [4.69, 9.17) is 0 Å². The molecule has 1 aromatic rings. The average Bonchev–Trinajstić information content (AvgIpc) is 2.34. The maximum Gasteiger partial charge on any atom is 0.0208 e. The van der Waals surface area contributed by atoms with Crippen LogP contribution in [0.15, 0.2) is 18.2 Å². The van der Waals surface area contributed by atoms with Crippen LogP contribution in [0.5, 0.6) is 0 Å². The predicted octanol–water partition coefficient (Wildman–Crippen LogP) is 2.26. The first-order valence-corrected chi connectivity index (χ1v) is 6.81. The van der Waals surface area contributed by atoms with E-state index >= 15 is 0 Å². The largest absolute Gasteiger partial charge is 0.315 e. The zero-order chi connectivity index (χ0) is 12.1. The van der Waals surface area contributed by atoms with Gasteiger partial charge in [-0.15, -0.1) is 0 Å². The lowest BCUT2D eigenvalue weighted by atomic mass is 9.93. The molecule has 17 heavy (non-hydrogen) atoms. The van der Waals surface area contributed by atoms with Crippen LogP contribution in [0, 0.1) is 0 Å². The smallest absolute Gasteiger partial charge is 0.0208 e. The topological polar surface area (TPSA) is 24.1 Å². The number of hydrogen-bond acceptors (Lipinski definition) is 2. The van der Waals surface area contributed by atoms with Gasteiger partial charge in [0.05, 0.1) is 0 Å². The van der Waals surface area contributed by atoms with Crippen LogP contribution in [-0.4, -0.2) is 19.1 Å². The SMILES string of the molecule is CC(C)NCCCc1cccc2c1CCNC2. The first kappa shape index (κ1) is 12.6. The molecule has 0 atom stereocenters. The third-order valence-corrected chi connectivity index (χ3v) is 3.41. The van der Waals surface area contributed by atoms with E-state index in [9.17, 15) is 0 Å². The van der Waals surface area contributed by atoms with Gasteiger partial charge >= 0.3 is 0 Å². The third kappa shape index (κ3) is 3.55. The Balaban J connectivity index is 1.92. The highest BCUT2D eigenvalue weighted by molar-refractivity contribution is 5.37. The molecule has 1 aliphatic heterocycles. The number of rotatable bonds is 5. The summed E-state index contributed by atoms with van der Waals surface area (Å²) >= 11 is 0. The lowest BCUT2D eigenvalue weighted by Gasteiger charge is -2.20. The monoisotopic (exact) mass is 232 g/mol. The third-order valence-electron chi connectivity index (χ3n) is 3.41. The predicted molar refractivity (Wildman–Crippen MR) is 73.3 cm³/mol. The van der Waals surface area contributed by atoms with E-state index in [0.29, 0.717) is 6.04 Å². The Hall–Kier alpha value is -0.860. The molecule has 0 spiro atoms. The van der Waals surface area contributed by atoms with Crippen molar-refractivity contribution < 1.29 is 0 Å². The summed E-state index contributed by atoms with van der Waals surface area (Å²) in [7, 11) is 0. The second kappa shape index (κ2) is 6.18. The maximum absolute atomic E-state index is 3.48. The standard InChI is InChI=1S/C15H24N2/c1-12(2)17-9-4-7-13-5-3-6-14-11-16-10-8-15(13)14/h3,5-6,12,16-17H,4,7-11H2,1-2H3. The average molecular weight is 232 g/mol. The van der Waals surface area contributed by atoms with Gasteiger partial charge in [-0.2, -0.15) is 0 Å². The number of nitrogens with one attached hydrogen (secondary N) is 2. The summed E-state index contributed by atoms with van der Waals surface area (Å²) in [5.74, 6) is 0. The zero-order valence-corrected chi connectivity index (χ0v) is 11.1. The van der Waals surface area contributed by atoms with E-state index in [0.717, 1.165) is 19.6 Å². The van der Waals surface area contributed by atoms with Crippen molar-refractivity contribution >= 4 is 0 Å². The molecule has 0 radical (unpaired) electrons. The van der Waals surface area contributed by atoms with E-state index < -0.39 is 0 Å². The fraction of sp³-hybridized carbons (Fsp3) is 0.600. The van der Waals surface area contributed by atoms with Crippen LogP contribution < -0.4 is 10.6 Å². The first-order valence-electron chi connectivity index (χ1n) is 6.81. The van der Waals surface area contributed by atoms with Crippen LogP contribution >= 0.6 is 0 Å². The summed E-state index contributed by atoms with van der Waals surface area (Å²) in [6.45, 7) is 7.72. The van der Waals surface area contributed by atoms with Crippen LogP contribution in [0.2, 0.25) is 0 Å². The second-order valence-electron chi connectivity index (χ2n) is 5.19. The van der Waals surface area contributed by atoms with Crippen molar-refractivity contribution in [2.45, 2.75) is 45.7 Å². The normalized spacial score (nSPS) is 15.0. The molecule has 0 aliphatic carbocycles. The Morgan fingerprint density at radius 1 is 1.35 bits per heavy atom. The highest BCUT2D eigenvalue weighted by Crippen LogP contribution is 2.19. The molecule has 0 unspecified atom stereocenters. The lowest BCUT2D eigenvalue weighted by molar-refractivity contribution is 0.568. The van der Waals surface area contributed by atoms with Gasteiger partial charge in [0, 0.05) is 12.6 Å². The molecule has 94 valence electrons. The van der Waals surface area contributed by atoms with Crippen molar-refractivity contribution in [3.8, 4) is 0 Å². The van der Waals surface area contributed by atoms with Crippen molar-refractivity contribution in [2.75, 3.05) is 13.1 Å². The van der Waals surface area contributed by atoms with Gasteiger partial charge in [0.1, 0.15) is 0 Å². The van der Waals surface area contributed by atoms with E-state index in [1.165, 1.54) is 24.8 Å². The minimum Gasteiger partial charge on any atom is -0.315 e. The Bertz CT molecular complexity index is 358. The van der Waals surface area contributed by atoms with E-state index in [2.05, 4.69) is 42.7 Å². The van der Waals surface area contributed by atoms with E-state index in [-0.39, 0.29) is 0 Å². The summed E-state index contributed by atoms with van der Waals surface area (Å²) in [6.07, 6.45) is 3.65. The van der Waals surface area contributed by atoms with Crippen LogP contribution in [0.4, 0.5) is 0 Å². The van der Waals surface area contributed by atoms with Crippen molar-refractivity contribution in [2.24, 2.45) is 0 Å². The molecule has 2 N–H and O–H groups in total. The van der Waals surface area contributed by atoms with Crippen molar-refractivity contribution in [1.82, 2.24) is 10.6 Å². The van der Waals surface area contributed by atoms with Crippen LogP contribution in [0.3, 0.4) is 0 Å². The van der Waals surface area contributed by atoms with Crippen LogP contribution in [0.25, 0.3) is 0 Å². The van der Waals surface area contributed by atoms with Gasteiger partial charge in [-0.25, -0.2) is 0 Å². The molecular formula is C15H24N2. The molecule has 1 aromatic carbocycles. The Morgan fingerprint density at radius 3 is 3.06 bits per heavy atom. The van der Waals surface area contributed by atoms with Gasteiger partial charge in [0.15, 0.2) is 0 Å². The molecule has 0 bridgehead atoms. The minimum absolute atomic E-state index is 0.601. The summed E-state index contributed by atoms with van der Waals surface area (Å²) in [5.41, 5.74) is 4.68. The fourth-order valence-corrected chi connectivity index (χ4v) is 2.51. The Kier molecular flexibility index (Phi) is 4.57. The summed E-state index contributed by atoms with van der Waals surface area (Å²) in [5, 5.41) is 6.92.